The Kier molecular flexibility index (Phi) is 9.55. The van der Waals surface area contributed by atoms with E-state index in [1.165, 1.54) is 4.31 Å². The van der Waals surface area contributed by atoms with Crippen molar-refractivity contribution in [1.82, 2.24) is 5.32 Å². The molecule has 1 atom stereocenters. The minimum atomic E-state index is -3.64. The van der Waals surface area contributed by atoms with Crippen LogP contribution in [0.1, 0.15) is 30.0 Å². The summed E-state index contributed by atoms with van der Waals surface area (Å²) in [7, 11) is -3.64. The zero-order chi connectivity index (χ0) is 23.2. The van der Waals surface area contributed by atoms with Gasteiger partial charge in [0.15, 0.2) is 0 Å². The molecule has 1 amide bonds. The van der Waals surface area contributed by atoms with Crippen LogP contribution in [0.2, 0.25) is 10.0 Å². The molecule has 1 unspecified atom stereocenters. The number of benzene rings is 2. The van der Waals surface area contributed by atoms with Crippen molar-refractivity contribution in [2.75, 3.05) is 22.9 Å². The predicted octanol–water partition coefficient (Wildman–Crippen LogP) is 5.20. The Balaban J connectivity index is 1.99. The monoisotopic (exact) mass is 502 g/mol. The fourth-order valence-corrected chi connectivity index (χ4v) is 5.44. The van der Waals surface area contributed by atoms with Crippen LogP contribution >= 0.6 is 35.0 Å². The zero-order valence-electron chi connectivity index (χ0n) is 18.1. The van der Waals surface area contributed by atoms with Crippen molar-refractivity contribution in [3.8, 4) is 0 Å². The van der Waals surface area contributed by atoms with E-state index >= 15 is 0 Å². The van der Waals surface area contributed by atoms with E-state index in [9.17, 15) is 13.2 Å². The molecule has 2 aromatic carbocycles. The van der Waals surface area contributed by atoms with Crippen molar-refractivity contribution in [3.05, 3.63) is 63.1 Å². The third-order valence-corrected chi connectivity index (χ3v) is 7.82. The Morgan fingerprint density at radius 2 is 1.81 bits per heavy atom. The summed E-state index contributed by atoms with van der Waals surface area (Å²) in [5.74, 6) is 1.12. The summed E-state index contributed by atoms with van der Waals surface area (Å²) in [6.45, 7) is 6.13. The van der Waals surface area contributed by atoms with Gasteiger partial charge in [-0.25, -0.2) is 8.42 Å². The Morgan fingerprint density at radius 1 is 1.10 bits per heavy atom. The molecule has 0 radical (unpaired) electrons. The van der Waals surface area contributed by atoms with Crippen LogP contribution in [0.3, 0.4) is 0 Å². The maximum absolute atomic E-state index is 12.8. The molecule has 2 aromatic rings. The Labute approximate surface area is 199 Å². The van der Waals surface area contributed by atoms with Gasteiger partial charge >= 0.3 is 0 Å². The first kappa shape index (κ1) is 25.8. The summed E-state index contributed by atoms with van der Waals surface area (Å²) >= 11 is 13.6. The predicted molar refractivity (Wildman–Crippen MR) is 133 cm³/mol. The van der Waals surface area contributed by atoms with Gasteiger partial charge in [-0.15, -0.1) is 0 Å². The molecule has 31 heavy (non-hydrogen) atoms. The van der Waals surface area contributed by atoms with E-state index < -0.39 is 16.1 Å². The average molecular weight is 504 g/mol. The standard InChI is InChI=1S/C22H28Cl2N2O3S2/c1-5-21(26(31(4,28)29)18-8-6-15(2)16(3)12-18)22(27)25-10-11-30-14-17-7-9-19(23)20(24)13-17/h6-9,12-13,21H,5,10-11,14H2,1-4H3,(H,25,27). The highest BCUT2D eigenvalue weighted by Crippen LogP contribution is 2.26. The van der Waals surface area contributed by atoms with Crippen LogP contribution in [0.4, 0.5) is 5.69 Å². The van der Waals surface area contributed by atoms with E-state index in [-0.39, 0.29) is 5.91 Å². The molecule has 1 N–H and O–H groups in total. The molecule has 0 bridgehead atoms. The van der Waals surface area contributed by atoms with Crippen LogP contribution in [-0.4, -0.2) is 38.9 Å². The van der Waals surface area contributed by atoms with Gasteiger partial charge in [0.05, 0.1) is 22.0 Å². The van der Waals surface area contributed by atoms with Crippen molar-refractivity contribution < 1.29 is 13.2 Å². The first-order chi connectivity index (χ1) is 14.5. The van der Waals surface area contributed by atoms with Crippen LogP contribution in [-0.2, 0) is 20.6 Å². The number of thioether (sulfide) groups is 1. The third-order valence-electron chi connectivity index (χ3n) is 4.87. The highest BCUT2D eigenvalue weighted by Gasteiger charge is 2.31. The average Bonchev–Trinajstić information content (AvgIpc) is 2.69. The van der Waals surface area contributed by atoms with Crippen molar-refractivity contribution in [3.63, 3.8) is 0 Å². The molecule has 0 aliphatic carbocycles. The molecular formula is C22H28Cl2N2O3S2. The number of nitrogens with one attached hydrogen (secondary N) is 1. The topological polar surface area (TPSA) is 66.5 Å². The molecule has 0 heterocycles. The first-order valence-electron chi connectivity index (χ1n) is 9.90. The highest BCUT2D eigenvalue weighted by atomic mass is 35.5. The number of carbonyl (C=O) groups is 1. The van der Waals surface area contributed by atoms with Crippen LogP contribution in [0.5, 0.6) is 0 Å². The van der Waals surface area contributed by atoms with E-state index in [0.717, 1.165) is 28.7 Å². The highest BCUT2D eigenvalue weighted by molar-refractivity contribution is 7.98. The number of sulfonamides is 1. The van der Waals surface area contributed by atoms with E-state index in [4.69, 9.17) is 23.2 Å². The van der Waals surface area contributed by atoms with Crippen LogP contribution < -0.4 is 9.62 Å². The number of aryl methyl sites for hydroxylation is 2. The Morgan fingerprint density at radius 3 is 2.39 bits per heavy atom. The molecule has 9 heteroatoms. The molecule has 0 aliphatic heterocycles. The number of hydrogen-bond donors (Lipinski definition) is 1. The van der Waals surface area contributed by atoms with Gasteiger partial charge in [0.1, 0.15) is 6.04 Å². The van der Waals surface area contributed by atoms with Crippen molar-refractivity contribution in [2.24, 2.45) is 0 Å². The molecule has 0 aliphatic rings. The van der Waals surface area contributed by atoms with Gasteiger partial charge in [0.2, 0.25) is 15.9 Å². The van der Waals surface area contributed by atoms with Crippen molar-refractivity contribution in [2.45, 2.75) is 39.0 Å². The maximum Gasteiger partial charge on any atom is 0.243 e. The summed E-state index contributed by atoms with van der Waals surface area (Å²) in [5.41, 5.74) is 3.59. The minimum absolute atomic E-state index is 0.304. The van der Waals surface area contributed by atoms with Gasteiger partial charge in [0.25, 0.3) is 0 Å². The third kappa shape index (κ3) is 7.31. The number of hydrogen-bond acceptors (Lipinski definition) is 4. The summed E-state index contributed by atoms with van der Waals surface area (Å²) in [5, 5.41) is 3.92. The Bertz CT molecular complexity index is 1030. The molecule has 0 spiro atoms. The summed E-state index contributed by atoms with van der Waals surface area (Å²) in [6.07, 6.45) is 1.49. The number of amides is 1. The molecule has 0 fully saturated rings. The van der Waals surface area contributed by atoms with E-state index in [0.29, 0.717) is 34.5 Å². The smallest absolute Gasteiger partial charge is 0.243 e. The summed E-state index contributed by atoms with van der Waals surface area (Å²) in [6, 6.07) is 10.1. The lowest BCUT2D eigenvalue weighted by Crippen LogP contribution is -2.49. The van der Waals surface area contributed by atoms with Crippen LogP contribution in [0.15, 0.2) is 36.4 Å². The molecular weight excluding hydrogens is 475 g/mol. The lowest BCUT2D eigenvalue weighted by atomic mass is 10.1. The SMILES string of the molecule is CCC(C(=O)NCCSCc1ccc(Cl)c(Cl)c1)N(c1ccc(C)c(C)c1)S(C)(=O)=O. The quantitative estimate of drug-likeness (QED) is 0.453. The van der Waals surface area contributed by atoms with E-state index in [1.54, 1.807) is 30.0 Å². The fourth-order valence-electron chi connectivity index (χ4n) is 3.11. The second kappa shape index (κ2) is 11.5. The number of rotatable bonds is 10. The first-order valence-corrected chi connectivity index (χ1v) is 13.7. The number of anilines is 1. The zero-order valence-corrected chi connectivity index (χ0v) is 21.3. The number of nitrogens with zero attached hydrogens (tertiary/aromatic N) is 1. The lowest BCUT2D eigenvalue weighted by molar-refractivity contribution is -0.122. The van der Waals surface area contributed by atoms with Crippen LogP contribution in [0.25, 0.3) is 0 Å². The second-order valence-corrected chi connectivity index (χ2v) is 11.1. The minimum Gasteiger partial charge on any atom is -0.353 e. The summed E-state index contributed by atoms with van der Waals surface area (Å²) in [4.78, 5) is 12.8. The van der Waals surface area contributed by atoms with Crippen molar-refractivity contribution >= 4 is 56.6 Å². The van der Waals surface area contributed by atoms with Gasteiger partial charge in [-0.3, -0.25) is 9.10 Å². The molecule has 170 valence electrons. The largest absolute Gasteiger partial charge is 0.353 e. The second-order valence-electron chi connectivity index (χ2n) is 7.34. The van der Waals surface area contributed by atoms with Gasteiger partial charge in [0, 0.05) is 18.1 Å². The van der Waals surface area contributed by atoms with E-state index in [1.807, 2.05) is 39.0 Å². The molecule has 2 rings (SSSR count). The Hall–Kier alpha value is -1.41. The van der Waals surface area contributed by atoms with Gasteiger partial charge in [-0.2, -0.15) is 11.8 Å². The maximum atomic E-state index is 12.8. The molecule has 0 aromatic heterocycles. The lowest BCUT2D eigenvalue weighted by Gasteiger charge is -2.30. The fraction of sp³-hybridized carbons (Fsp3) is 0.409. The van der Waals surface area contributed by atoms with Gasteiger partial charge < -0.3 is 5.32 Å². The molecule has 5 nitrogen and oxygen atoms in total. The summed E-state index contributed by atoms with van der Waals surface area (Å²) < 4.78 is 26.3. The van der Waals surface area contributed by atoms with Gasteiger partial charge in [-0.1, -0.05) is 42.3 Å². The molecule has 0 saturated heterocycles. The van der Waals surface area contributed by atoms with E-state index in [2.05, 4.69) is 5.32 Å². The van der Waals surface area contributed by atoms with Crippen LogP contribution in [0, 0.1) is 13.8 Å². The number of carbonyl (C=O) groups excluding carboxylic acids is 1. The number of halogens is 2. The van der Waals surface area contributed by atoms with Gasteiger partial charge in [-0.05, 0) is 61.2 Å². The van der Waals surface area contributed by atoms with Crippen molar-refractivity contribution in [1.29, 1.82) is 0 Å². The molecule has 0 saturated carbocycles. The normalized spacial score (nSPS) is 12.5.